The number of nitrogens with one attached hydrogen (secondary N) is 1. The van der Waals surface area contributed by atoms with Gasteiger partial charge >= 0.3 is 0 Å². The van der Waals surface area contributed by atoms with Crippen LogP contribution < -0.4 is 5.32 Å². The van der Waals surface area contributed by atoms with Crippen LogP contribution in [0.2, 0.25) is 0 Å². The fraction of sp³-hybridized carbons (Fsp3) is 1.00. The molecule has 68 valence electrons. The van der Waals surface area contributed by atoms with Gasteiger partial charge in [-0.15, -0.1) is 0 Å². The summed E-state index contributed by atoms with van der Waals surface area (Å²) in [6.07, 6.45) is 4.02. The van der Waals surface area contributed by atoms with Gasteiger partial charge in [-0.25, -0.2) is 0 Å². The van der Waals surface area contributed by atoms with Crippen molar-refractivity contribution in [1.29, 1.82) is 0 Å². The lowest BCUT2D eigenvalue weighted by atomic mass is 9.90. The van der Waals surface area contributed by atoms with Gasteiger partial charge in [-0.3, -0.25) is 0 Å². The van der Waals surface area contributed by atoms with E-state index in [4.69, 9.17) is 0 Å². The minimum absolute atomic E-state index is 0.518. The minimum atomic E-state index is 0.518. The molecule has 0 aromatic heterocycles. The summed E-state index contributed by atoms with van der Waals surface area (Å²) in [5.74, 6) is 0. The van der Waals surface area contributed by atoms with Crippen LogP contribution in [0.15, 0.2) is 0 Å². The van der Waals surface area contributed by atoms with Gasteiger partial charge in [0.1, 0.15) is 0 Å². The number of alkyl halides is 1. The van der Waals surface area contributed by atoms with Crippen LogP contribution in [0, 0.1) is 5.41 Å². The predicted molar refractivity (Wildman–Crippen MR) is 60.2 cm³/mol. The van der Waals surface area contributed by atoms with Gasteiger partial charge in [-0.1, -0.05) is 49.8 Å². The predicted octanol–water partition coefficient (Wildman–Crippen LogP) is 3.18. The molecule has 0 aromatic carbocycles. The number of unbranched alkanes of at least 4 members (excludes halogenated alkanes) is 1. The number of hydrogen-bond donors (Lipinski definition) is 1. The molecular weight excluding hydrogens is 249 g/mol. The largest absolute Gasteiger partial charge is 0.308 e. The molecule has 0 radical (unpaired) electrons. The summed E-state index contributed by atoms with van der Waals surface area (Å²) in [5, 5.41) is 3.32. The van der Waals surface area contributed by atoms with Crippen molar-refractivity contribution in [2.24, 2.45) is 5.41 Å². The van der Waals surface area contributed by atoms with Gasteiger partial charge in [0.25, 0.3) is 0 Å². The topological polar surface area (TPSA) is 12.0 Å². The third-order valence-corrected chi connectivity index (χ3v) is 2.16. The minimum Gasteiger partial charge on any atom is -0.308 e. The van der Waals surface area contributed by atoms with Gasteiger partial charge in [-0.05, 0) is 24.8 Å². The lowest BCUT2D eigenvalue weighted by Gasteiger charge is -2.17. The standard InChI is InChI=1S/C9H20IN/c1-9(2,3)6-4-5-7-11-8-10/h11H,4-8H2,1-3H3. The van der Waals surface area contributed by atoms with Crippen molar-refractivity contribution in [3.8, 4) is 0 Å². The van der Waals surface area contributed by atoms with Crippen LogP contribution in [0.5, 0.6) is 0 Å². The fourth-order valence-electron chi connectivity index (χ4n) is 0.972. The molecule has 0 amide bonds. The monoisotopic (exact) mass is 269 g/mol. The first-order chi connectivity index (χ1) is 5.06. The fourth-order valence-corrected chi connectivity index (χ4v) is 1.35. The molecule has 0 aliphatic rings. The Morgan fingerprint density at radius 2 is 1.82 bits per heavy atom. The Kier molecular flexibility index (Phi) is 6.62. The smallest absolute Gasteiger partial charge is 0.0479 e. The molecule has 1 nitrogen and oxygen atoms in total. The van der Waals surface area contributed by atoms with Crippen molar-refractivity contribution < 1.29 is 0 Å². The van der Waals surface area contributed by atoms with Gasteiger partial charge < -0.3 is 5.32 Å². The summed E-state index contributed by atoms with van der Waals surface area (Å²) < 4.78 is 1.08. The third-order valence-electron chi connectivity index (χ3n) is 1.62. The summed E-state index contributed by atoms with van der Waals surface area (Å²) in [6.45, 7) is 8.09. The molecule has 0 saturated heterocycles. The molecule has 0 heterocycles. The molecule has 0 unspecified atom stereocenters. The maximum atomic E-state index is 3.32. The number of halogens is 1. The zero-order chi connectivity index (χ0) is 8.74. The summed E-state index contributed by atoms with van der Waals surface area (Å²) in [7, 11) is 0. The Balaban J connectivity index is 3.02. The second-order valence-electron chi connectivity index (χ2n) is 4.15. The zero-order valence-electron chi connectivity index (χ0n) is 7.91. The molecule has 11 heavy (non-hydrogen) atoms. The SMILES string of the molecule is CC(C)(C)CCCCNCI. The maximum Gasteiger partial charge on any atom is 0.0479 e. The summed E-state index contributed by atoms with van der Waals surface area (Å²) in [6, 6.07) is 0. The molecule has 0 atom stereocenters. The van der Waals surface area contributed by atoms with E-state index in [2.05, 4.69) is 48.7 Å². The Hall–Kier alpha value is 0.690. The van der Waals surface area contributed by atoms with Gasteiger partial charge in [0.2, 0.25) is 0 Å². The molecule has 0 aromatic rings. The van der Waals surface area contributed by atoms with Crippen molar-refractivity contribution in [3.05, 3.63) is 0 Å². The molecule has 0 aliphatic heterocycles. The van der Waals surface area contributed by atoms with Crippen LogP contribution in [0.3, 0.4) is 0 Å². The summed E-state index contributed by atoms with van der Waals surface area (Å²) in [5.41, 5.74) is 0.518. The van der Waals surface area contributed by atoms with E-state index in [0.29, 0.717) is 5.41 Å². The molecule has 0 bridgehead atoms. The number of hydrogen-bond acceptors (Lipinski definition) is 1. The summed E-state index contributed by atoms with van der Waals surface area (Å²) >= 11 is 2.34. The van der Waals surface area contributed by atoms with Crippen LogP contribution >= 0.6 is 22.6 Å². The van der Waals surface area contributed by atoms with Crippen molar-refractivity contribution in [3.63, 3.8) is 0 Å². The van der Waals surface area contributed by atoms with Gasteiger partial charge in [0.15, 0.2) is 0 Å². The van der Waals surface area contributed by atoms with E-state index in [1.54, 1.807) is 0 Å². The van der Waals surface area contributed by atoms with Crippen LogP contribution in [0.25, 0.3) is 0 Å². The van der Waals surface area contributed by atoms with Crippen molar-refractivity contribution in [2.75, 3.05) is 11.1 Å². The molecule has 0 saturated carbocycles. The van der Waals surface area contributed by atoms with Crippen molar-refractivity contribution in [1.82, 2.24) is 5.32 Å². The maximum absolute atomic E-state index is 3.32. The first kappa shape index (κ1) is 11.7. The molecule has 0 aliphatic carbocycles. The first-order valence-corrected chi connectivity index (χ1v) is 5.85. The van der Waals surface area contributed by atoms with Crippen molar-refractivity contribution in [2.45, 2.75) is 40.0 Å². The van der Waals surface area contributed by atoms with Crippen LogP contribution in [-0.4, -0.2) is 11.1 Å². The van der Waals surface area contributed by atoms with Crippen LogP contribution in [-0.2, 0) is 0 Å². The highest BCUT2D eigenvalue weighted by atomic mass is 127. The van der Waals surface area contributed by atoms with Gasteiger partial charge in [-0.2, -0.15) is 0 Å². The molecular formula is C9H20IN. The zero-order valence-corrected chi connectivity index (χ0v) is 10.1. The lowest BCUT2D eigenvalue weighted by Crippen LogP contribution is -2.13. The van der Waals surface area contributed by atoms with E-state index in [1.165, 1.54) is 25.8 Å². The molecule has 0 spiro atoms. The Bertz CT molecular complexity index is 86.1. The Morgan fingerprint density at radius 3 is 2.27 bits per heavy atom. The van der Waals surface area contributed by atoms with Crippen LogP contribution in [0.1, 0.15) is 40.0 Å². The average Bonchev–Trinajstić information content (AvgIpc) is 1.85. The van der Waals surface area contributed by atoms with Crippen molar-refractivity contribution >= 4 is 22.6 Å². The molecule has 2 heteroatoms. The quantitative estimate of drug-likeness (QED) is 0.350. The molecule has 0 rings (SSSR count). The van der Waals surface area contributed by atoms with E-state index in [1.807, 2.05) is 0 Å². The highest BCUT2D eigenvalue weighted by Crippen LogP contribution is 2.20. The normalized spacial score (nSPS) is 12.0. The van der Waals surface area contributed by atoms with E-state index in [-0.39, 0.29) is 0 Å². The average molecular weight is 269 g/mol. The Labute approximate surface area is 84.5 Å². The lowest BCUT2D eigenvalue weighted by molar-refractivity contribution is 0.359. The van der Waals surface area contributed by atoms with Gasteiger partial charge in [0, 0.05) is 4.55 Å². The first-order valence-electron chi connectivity index (χ1n) is 4.33. The molecule has 0 fully saturated rings. The highest BCUT2D eigenvalue weighted by molar-refractivity contribution is 14.1. The van der Waals surface area contributed by atoms with E-state index in [0.717, 1.165) is 4.55 Å². The molecule has 1 N–H and O–H groups in total. The van der Waals surface area contributed by atoms with Gasteiger partial charge in [0.05, 0.1) is 0 Å². The number of rotatable bonds is 5. The van der Waals surface area contributed by atoms with Crippen LogP contribution in [0.4, 0.5) is 0 Å². The van der Waals surface area contributed by atoms with E-state index < -0.39 is 0 Å². The van der Waals surface area contributed by atoms with E-state index >= 15 is 0 Å². The Morgan fingerprint density at radius 1 is 1.18 bits per heavy atom. The third kappa shape index (κ3) is 10.7. The highest BCUT2D eigenvalue weighted by Gasteiger charge is 2.08. The second-order valence-corrected chi connectivity index (χ2v) is 4.91. The second kappa shape index (κ2) is 6.23. The summed E-state index contributed by atoms with van der Waals surface area (Å²) in [4.78, 5) is 0. The van der Waals surface area contributed by atoms with E-state index in [9.17, 15) is 0 Å².